The summed E-state index contributed by atoms with van der Waals surface area (Å²) in [7, 11) is -3.51. The van der Waals surface area contributed by atoms with E-state index in [9.17, 15) is 18.0 Å². The van der Waals surface area contributed by atoms with Gasteiger partial charge in [-0.15, -0.1) is 11.3 Å². The van der Waals surface area contributed by atoms with Crippen molar-refractivity contribution in [1.29, 1.82) is 0 Å². The highest BCUT2D eigenvalue weighted by molar-refractivity contribution is 7.91. The van der Waals surface area contributed by atoms with Gasteiger partial charge in [0, 0.05) is 28.9 Å². The smallest absolute Gasteiger partial charge is 0.267 e. The van der Waals surface area contributed by atoms with Gasteiger partial charge in [0.2, 0.25) is 0 Å². The second-order valence-electron chi connectivity index (χ2n) is 7.04. The standard InChI is InChI=1S/C22H17ClN2O4S2/c1-31(28,29)18-12-30-20(19(18)23)22(27)25-15-6-4-5-13(10-15)9-14-11-24-21(26)17-8-3-2-7-16(14)17/h2-8,10-12H,9H2,1H3,(H,24,26)(H,25,27). The molecule has 0 radical (unpaired) electrons. The van der Waals surface area contributed by atoms with Crippen LogP contribution in [0.3, 0.4) is 0 Å². The van der Waals surface area contributed by atoms with E-state index in [0.29, 0.717) is 17.5 Å². The van der Waals surface area contributed by atoms with Crippen LogP contribution in [-0.2, 0) is 16.3 Å². The van der Waals surface area contributed by atoms with Crippen molar-refractivity contribution in [3.05, 3.63) is 91.5 Å². The molecular weight excluding hydrogens is 456 g/mol. The molecule has 0 atom stereocenters. The number of amides is 1. The van der Waals surface area contributed by atoms with E-state index in [1.807, 2.05) is 36.4 Å². The molecule has 0 unspecified atom stereocenters. The minimum Gasteiger partial charge on any atom is -0.328 e. The third kappa shape index (κ3) is 4.41. The molecule has 0 saturated heterocycles. The number of aromatic amines is 1. The van der Waals surface area contributed by atoms with E-state index in [0.717, 1.165) is 34.1 Å². The number of pyridine rings is 1. The number of anilines is 1. The second kappa shape index (κ2) is 8.30. The lowest BCUT2D eigenvalue weighted by molar-refractivity contribution is 0.103. The van der Waals surface area contributed by atoms with Gasteiger partial charge in [0.15, 0.2) is 9.84 Å². The Labute approximate surface area is 187 Å². The Bertz CT molecular complexity index is 1470. The minimum atomic E-state index is -3.51. The Balaban J connectivity index is 1.59. The first-order chi connectivity index (χ1) is 14.7. The first-order valence-electron chi connectivity index (χ1n) is 9.20. The highest BCUT2D eigenvalue weighted by atomic mass is 35.5. The van der Waals surface area contributed by atoms with Gasteiger partial charge in [-0.3, -0.25) is 9.59 Å². The third-order valence-corrected chi connectivity index (χ3v) is 7.65. The van der Waals surface area contributed by atoms with Gasteiger partial charge < -0.3 is 10.3 Å². The first kappa shape index (κ1) is 21.3. The van der Waals surface area contributed by atoms with Gasteiger partial charge in [-0.2, -0.15) is 0 Å². The van der Waals surface area contributed by atoms with E-state index >= 15 is 0 Å². The predicted octanol–water partition coefficient (Wildman–Crippen LogP) is 4.49. The summed E-state index contributed by atoms with van der Waals surface area (Å²) in [4.78, 5) is 27.5. The number of rotatable bonds is 5. The average Bonchev–Trinajstić information content (AvgIpc) is 3.13. The number of nitrogens with one attached hydrogen (secondary N) is 2. The summed E-state index contributed by atoms with van der Waals surface area (Å²) in [5.74, 6) is -0.475. The van der Waals surface area contributed by atoms with Gasteiger partial charge in [-0.05, 0) is 41.1 Å². The number of fused-ring (bicyclic) bond motifs is 1. The number of H-pyrrole nitrogens is 1. The summed E-state index contributed by atoms with van der Waals surface area (Å²) in [6.45, 7) is 0. The van der Waals surface area contributed by atoms with Crippen LogP contribution in [-0.4, -0.2) is 25.6 Å². The molecule has 0 aliphatic heterocycles. The molecule has 0 saturated carbocycles. The maximum Gasteiger partial charge on any atom is 0.267 e. The van der Waals surface area contributed by atoms with E-state index in [1.165, 1.54) is 5.38 Å². The number of carbonyl (C=O) groups is 1. The molecular formula is C22H17ClN2O4S2. The average molecular weight is 473 g/mol. The summed E-state index contributed by atoms with van der Waals surface area (Å²) in [6, 6.07) is 14.7. The fourth-order valence-corrected chi connectivity index (χ4v) is 6.12. The fourth-order valence-electron chi connectivity index (χ4n) is 3.31. The number of aromatic nitrogens is 1. The van der Waals surface area contributed by atoms with Crippen LogP contribution < -0.4 is 10.9 Å². The number of benzene rings is 2. The maximum atomic E-state index is 12.6. The Morgan fingerprint density at radius 1 is 1.13 bits per heavy atom. The number of carbonyl (C=O) groups excluding carboxylic acids is 1. The van der Waals surface area contributed by atoms with Crippen molar-refractivity contribution in [2.24, 2.45) is 0 Å². The molecule has 9 heteroatoms. The van der Waals surface area contributed by atoms with Crippen molar-refractivity contribution in [2.45, 2.75) is 11.3 Å². The summed E-state index contributed by atoms with van der Waals surface area (Å²) in [5, 5.41) is 5.57. The van der Waals surface area contributed by atoms with Crippen molar-refractivity contribution >= 4 is 55.1 Å². The molecule has 0 aliphatic carbocycles. The molecule has 0 aliphatic rings. The van der Waals surface area contributed by atoms with E-state index in [4.69, 9.17) is 11.6 Å². The zero-order valence-electron chi connectivity index (χ0n) is 16.3. The van der Waals surface area contributed by atoms with Crippen LogP contribution in [0, 0.1) is 0 Å². The molecule has 158 valence electrons. The summed E-state index contributed by atoms with van der Waals surface area (Å²) in [6.07, 6.45) is 3.31. The van der Waals surface area contributed by atoms with Crippen LogP contribution in [0.25, 0.3) is 10.8 Å². The number of hydrogen-bond acceptors (Lipinski definition) is 5. The third-order valence-electron chi connectivity index (χ3n) is 4.78. The van der Waals surface area contributed by atoms with Crippen LogP contribution in [0.15, 0.2) is 69.8 Å². The predicted molar refractivity (Wildman–Crippen MR) is 124 cm³/mol. The molecule has 31 heavy (non-hydrogen) atoms. The van der Waals surface area contributed by atoms with Gasteiger partial charge in [-0.25, -0.2) is 8.42 Å². The summed E-state index contributed by atoms with van der Waals surface area (Å²) < 4.78 is 23.5. The second-order valence-corrected chi connectivity index (χ2v) is 10.3. The Morgan fingerprint density at radius 2 is 1.87 bits per heavy atom. The first-order valence-corrected chi connectivity index (χ1v) is 12.4. The number of thiophene rings is 1. The molecule has 0 spiro atoms. The molecule has 4 rings (SSSR count). The molecule has 2 aromatic carbocycles. The Morgan fingerprint density at radius 3 is 2.58 bits per heavy atom. The molecule has 2 aromatic heterocycles. The van der Waals surface area contributed by atoms with Crippen molar-refractivity contribution < 1.29 is 13.2 Å². The van der Waals surface area contributed by atoms with Gasteiger partial charge >= 0.3 is 0 Å². The molecule has 2 heterocycles. The largest absolute Gasteiger partial charge is 0.328 e. The van der Waals surface area contributed by atoms with E-state index in [2.05, 4.69) is 10.3 Å². The molecule has 2 N–H and O–H groups in total. The molecule has 1 amide bonds. The molecule has 0 fully saturated rings. The summed E-state index contributed by atoms with van der Waals surface area (Å²) >= 11 is 7.10. The normalized spacial score (nSPS) is 11.5. The number of halogens is 1. The molecule has 0 bridgehead atoms. The minimum absolute atomic E-state index is 0.0528. The SMILES string of the molecule is CS(=O)(=O)c1csc(C(=O)Nc2cccc(Cc3c[nH]c(=O)c4ccccc34)c2)c1Cl. The highest BCUT2D eigenvalue weighted by Gasteiger charge is 2.22. The maximum absolute atomic E-state index is 12.6. The van der Waals surface area contributed by atoms with Gasteiger partial charge in [0.1, 0.15) is 4.88 Å². The van der Waals surface area contributed by atoms with Crippen molar-refractivity contribution in [3.63, 3.8) is 0 Å². The van der Waals surface area contributed by atoms with Crippen molar-refractivity contribution in [1.82, 2.24) is 4.98 Å². The van der Waals surface area contributed by atoms with E-state index < -0.39 is 15.7 Å². The van der Waals surface area contributed by atoms with E-state index in [-0.39, 0.29) is 20.4 Å². The zero-order chi connectivity index (χ0) is 22.2. The Hall–Kier alpha value is -2.94. The Kier molecular flexibility index (Phi) is 5.70. The number of hydrogen-bond donors (Lipinski definition) is 2. The zero-order valence-corrected chi connectivity index (χ0v) is 18.7. The van der Waals surface area contributed by atoms with Crippen LogP contribution in [0.2, 0.25) is 5.02 Å². The van der Waals surface area contributed by atoms with Gasteiger partial charge in [0.25, 0.3) is 11.5 Å². The van der Waals surface area contributed by atoms with Crippen LogP contribution in [0.1, 0.15) is 20.8 Å². The quantitative estimate of drug-likeness (QED) is 0.447. The lowest BCUT2D eigenvalue weighted by atomic mass is 10.0. The summed E-state index contributed by atoms with van der Waals surface area (Å²) in [5.41, 5.74) is 2.31. The van der Waals surface area contributed by atoms with Crippen LogP contribution >= 0.6 is 22.9 Å². The lowest BCUT2D eigenvalue weighted by Crippen LogP contribution is -2.11. The monoisotopic (exact) mass is 472 g/mol. The highest BCUT2D eigenvalue weighted by Crippen LogP contribution is 2.32. The van der Waals surface area contributed by atoms with Crippen LogP contribution in [0.5, 0.6) is 0 Å². The van der Waals surface area contributed by atoms with Crippen molar-refractivity contribution in [3.8, 4) is 0 Å². The molecule has 6 nitrogen and oxygen atoms in total. The number of sulfone groups is 1. The van der Waals surface area contributed by atoms with Crippen molar-refractivity contribution in [2.75, 3.05) is 11.6 Å². The van der Waals surface area contributed by atoms with Gasteiger partial charge in [0.05, 0.1) is 9.92 Å². The fraction of sp³-hybridized carbons (Fsp3) is 0.0909. The van der Waals surface area contributed by atoms with E-state index in [1.54, 1.807) is 18.3 Å². The lowest BCUT2D eigenvalue weighted by Gasteiger charge is -2.09. The van der Waals surface area contributed by atoms with Crippen LogP contribution in [0.4, 0.5) is 5.69 Å². The molecule has 4 aromatic rings. The van der Waals surface area contributed by atoms with Gasteiger partial charge in [-0.1, -0.05) is 41.9 Å². The topological polar surface area (TPSA) is 96.1 Å².